The van der Waals surface area contributed by atoms with Crippen LogP contribution in [0.5, 0.6) is 0 Å². The minimum Gasteiger partial charge on any atom is -0.361 e. The molecule has 5 heteroatoms. The number of hydrogen-bond acceptors (Lipinski definition) is 5. The maximum atomic E-state index is 5.51. The van der Waals surface area contributed by atoms with Gasteiger partial charge in [-0.25, -0.2) is 9.97 Å². The average molecular weight is 362 g/mol. The van der Waals surface area contributed by atoms with Gasteiger partial charge >= 0.3 is 0 Å². The summed E-state index contributed by atoms with van der Waals surface area (Å²) in [7, 11) is 0. The first-order valence-corrected chi connectivity index (χ1v) is 9.50. The fraction of sp³-hybridized carbons (Fsp3) is 0.409. The van der Waals surface area contributed by atoms with Gasteiger partial charge in [-0.3, -0.25) is 4.90 Å². The topological polar surface area (TPSA) is 55.1 Å². The minimum atomic E-state index is -0.0175. The summed E-state index contributed by atoms with van der Waals surface area (Å²) >= 11 is 0. The normalized spacial score (nSPS) is 15.0. The van der Waals surface area contributed by atoms with Crippen LogP contribution in [-0.2, 0) is 24.9 Å². The standard InChI is InChI=1S/C22H26N4O/c1-15-18(20(25-27-15)16-8-6-5-7-9-16)14-26-11-10-19-17(13-26)12-23-21(24-19)22(2,3)4/h5-9,12H,10-11,13-14H2,1-4H3. The van der Waals surface area contributed by atoms with Crippen molar-refractivity contribution >= 4 is 0 Å². The number of hydrogen-bond donors (Lipinski definition) is 0. The number of nitrogens with zero attached hydrogens (tertiary/aromatic N) is 4. The van der Waals surface area contributed by atoms with Crippen molar-refractivity contribution < 1.29 is 4.52 Å². The van der Waals surface area contributed by atoms with E-state index in [-0.39, 0.29) is 5.41 Å². The molecule has 3 heterocycles. The monoisotopic (exact) mass is 362 g/mol. The van der Waals surface area contributed by atoms with E-state index in [9.17, 15) is 0 Å². The SMILES string of the molecule is Cc1onc(-c2ccccc2)c1CN1CCc2nc(C(C)(C)C)ncc2C1. The molecule has 0 spiro atoms. The van der Waals surface area contributed by atoms with Crippen LogP contribution in [0, 0.1) is 6.92 Å². The molecule has 0 unspecified atom stereocenters. The Hall–Kier alpha value is -2.53. The molecular formula is C22H26N4O. The van der Waals surface area contributed by atoms with Crippen LogP contribution < -0.4 is 0 Å². The number of fused-ring (bicyclic) bond motifs is 1. The Morgan fingerprint density at radius 1 is 1.15 bits per heavy atom. The predicted molar refractivity (Wildman–Crippen MR) is 105 cm³/mol. The highest BCUT2D eigenvalue weighted by molar-refractivity contribution is 5.63. The molecule has 0 atom stereocenters. The molecule has 1 aliphatic heterocycles. The number of aromatic nitrogens is 3. The first-order chi connectivity index (χ1) is 12.9. The Morgan fingerprint density at radius 2 is 1.93 bits per heavy atom. The van der Waals surface area contributed by atoms with Crippen molar-refractivity contribution in [3.8, 4) is 11.3 Å². The van der Waals surface area contributed by atoms with E-state index in [1.807, 2.05) is 31.3 Å². The van der Waals surface area contributed by atoms with Crippen molar-refractivity contribution in [3.63, 3.8) is 0 Å². The molecule has 0 bridgehead atoms. The zero-order chi connectivity index (χ0) is 19.0. The molecule has 27 heavy (non-hydrogen) atoms. The van der Waals surface area contributed by atoms with E-state index in [1.165, 1.54) is 11.3 Å². The van der Waals surface area contributed by atoms with Crippen LogP contribution in [0.1, 0.15) is 49.2 Å². The Morgan fingerprint density at radius 3 is 2.67 bits per heavy atom. The quantitative estimate of drug-likeness (QED) is 0.695. The third-order valence-corrected chi connectivity index (χ3v) is 5.10. The van der Waals surface area contributed by atoms with Crippen molar-refractivity contribution in [1.29, 1.82) is 0 Å². The Kier molecular flexibility index (Phi) is 4.56. The van der Waals surface area contributed by atoms with Gasteiger partial charge in [0.2, 0.25) is 0 Å². The lowest BCUT2D eigenvalue weighted by Gasteiger charge is -2.29. The summed E-state index contributed by atoms with van der Waals surface area (Å²) in [5.74, 6) is 1.81. The highest BCUT2D eigenvalue weighted by Gasteiger charge is 2.24. The largest absolute Gasteiger partial charge is 0.361 e. The number of aryl methyl sites for hydroxylation is 1. The molecule has 0 radical (unpaired) electrons. The Labute approximate surface area is 160 Å². The second-order valence-electron chi connectivity index (χ2n) is 8.31. The molecule has 1 aromatic carbocycles. The Balaban J connectivity index is 1.56. The first kappa shape index (κ1) is 17.9. The fourth-order valence-corrected chi connectivity index (χ4v) is 3.49. The molecule has 0 saturated carbocycles. The van der Waals surface area contributed by atoms with Gasteiger partial charge in [-0.05, 0) is 6.92 Å². The molecule has 4 rings (SSSR count). The highest BCUT2D eigenvalue weighted by Crippen LogP contribution is 2.28. The molecule has 0 aliphatic carbocycles. The summed E-state index contributed by atoms with van der Waals surface area (Å²) in [5, 5.41) is 4.31. The third kappa shape index (κ3) is 3.65. The van der Waals surface area contributed by atoms with E-state index in [4.69, 9.17) is 9.51 Å². The Bertz CT molecular complexity index is 941. The van der Waals surface area contributed by atoms with Crippen molar-refractivity contribution in [2.75, 3.05) is 6.54 Å². The minimum absolute atomic E-state index is 0.0175. The average Bonchev–Trinajstić information content (AvgIpc) is 3.02. The third-order valence-electron chi connectivity index (χ3n) is 5.10. The summed E-state index contributed by atoms with van der Waals surface area (Å²) < 4.78 is 5.51. The lowest BCUT2D eigenvalue weighted by molar-refractivity contribution is 0.240. The van der Waals surface area contributed by atoms with Crippen molar-refractivity contribution in [3.05, 3.63) is 64.9 Å². The molecule has 0 amide bonds. The van der Waals surface area contributed by atoms with Gasteiger partial charge in [-0.2, -0.15) is 0 Å². The van der Waals surface area contributed by atoms with Crippen LogP contribution in [0.25, 0.3) is 11.3 Å². The van der Waals surface area contributed by atoms with Crippen LogP contribution in [-0.4, -0.2) is 26.6 Å². The molecule has 3 aromatic rings. The van der Waals surface area contributed by atoms with E-state index >= 15 is 0 Å². The van der Waals surface area contributed by atoms with Crippen molar-refractivity contribution in [2.24, 2.45) is 0 Å². The van der Waals surface area contributed by atoms with Crippen LogP contribution in [0.15, 0.2) is 41.1 Å². The van der Waals surface area contributed by atoms with E-state index in [0.717, 1.165) is 54.5 Å². The van der Waals surface area contributed by atoms with E-state index in [2.05, 4.69) is 47.9 Å². The van der Waals surface area contributed by atoms with Gasteiger partial charge in [0, 0.05) is 60.1 Å². The maximum absolute atomic E-state index is 5.51. The lowest BCUT2D eigenvalue weighted by atomic mass is 9.95. The summed E-state index contributed by atoms with van der Waals surface area (Å²) in [5.41, 5.74) is 5.60. The van der Waals surface area contributed by atoms with Gasteiger partial charge in [-0.1, -0.05) is 56.3 Å². The van der Waals surface area contributed by atoms with Crippen LogP contribution in [0.3, 0.4) is 0 Å². The molecule has 1 aliphatic rings. The van der Waals surface area contributed by atoms with Crippen LogP contribution >= 0.6 is 0 Å². The molecule has 140 valence electrons. The van der Waals surface area contributed by atoms with Gasteiger partial charge in [0.25, 0.3) is 0 Å². The molecular weight excluding hydrogens is 336 g/mol. The molecule has 0 N–H and O–H groups in total. The predicted octanol–water partition coefficient (Wildman–Crippen LogP) is 4.30. The van der Waals surface area contributed by atoms with E-state index in [0.29, 0.717) is 0 Å². The summed E-state index contributed by atoms with van der Waals surface area (Å²) in [6.45, 7) is 11.1. The van der Waals surface area contributed by atoms with Gasteiger partial charge < -0.3 is 4.52 Å². The summed E-state index contributed by atoms with van der Waals surface area (Å²) in [6.07, 6.45) is 2.96. The second kappa shape index (κ2) is 6.89. The molecule has 2 aromatic heterocycles. The maximum Gasteiger partial charge on any atom is 0.138 e. The zero-order valence-corrected chi connectivity index (χ0v) is 16.5. The highest BCUT2D eigenvalue weighted by atomic mass is 16.5. The van der Waals surface area contributed by atoms with Crippen molar-refractivity contribution in [2.45, 2.75) is 52.6 Å². The zero-order valence-electron chi connectivity index (χ0n) is 16.5. The lowest BCUT2D eigenvalue weighted by Crippen LogP contribution is -2.32. The van der Waals surface area contributed by atoms with Crippen LogP contribution in [0.4, 0.5) is 0 Å². The van der Waals surface area contributed by atoms with Crippen molar-refractivity contribution in [1.82, 2.24) is 20.0 Å². The number of rotatable bonds is 3. The van der Waals surface area contributed by atoms with Crippen LogP contribution in [0.2, 0.25) is 0 Å². The second-order valence-corrected chi connectivity index (χ2v) is 8.31. The molecule has 5 nitrogen and oxygen atoms in total. The van der Waals surface area contributed by atoms with Gasteiger partial charge in [0.15, 0.2) is 0 Å². The molecule has 0 saturated heterocycles. The van der Waals surface area contributed by atoms with Gasteiger partial charge in [-0.15, -0.1) is 0 Å². The van der Waals surface area contributed by atoms with Gasteiger partial charge in [0.1, 0.15) is 17.3 Å². The summed E-state index contributed by atoms with van der Waals surface area (Å²) in [6, 6.07) is 10.2. The fourth-order valence-electron chi connectivity index (χ4n) is 3.49. The summed E-state index contributed by atoms with van der Waals surface area (Å²) in [4.78, 5) is 11.9. The first-order valence-electron chi connectivity index (χ1n) is 9.50. The smallest absolute Gasteiger partial charge is 0.138 e. The van der Waals surface area contributed by atoms with E-state index in [1.54, 1.807) is 0 Å². The molecule has 0 fully saturated rings. The van der Waals surface area contributed by atoms with Gasteiger partial charge in [0.05, 0.1) is 0 Å². The number of benzene rings is 1. The van der Waals surface area contributed by atoms with E-state index < -0.39 is 0 Å².